The summed E-state index contributed by atoms with van der Waals surface area (Å²) in [6.45, 7) is 2.08. The van der Waals surface area contributed by atoms with E-state index in [1.165, 1.54) is 35.8 Å². The van der Waals surface area contributed by atoms with Crippen LogP contribution in [0, 0.1) is 11.7 Å². The maximum Gasteiger partial charge on any atom is 0.275 e. The fourth-order valence-corrected chi connectivity index (χ4v) is 3.54. The number of nitrogens with zero attached hydrogens (tertiary/aromatic N) is 5. The van der Waals surface area contributed by atoms with Gasteiger partial charge in [0.15, 0.2) is 11.5 Å². The van der Waals surface area contributed by atoms with Gasteiger partial charge < -0.3 is 19.9 Å². The Hall–Kier alpha value is -3.14. The van der Waals surface area contributed by atoms with Crippen molar-refractivity contribution in [3.63, 3.8) is 0 Å². The number of hydrogen-bond acceptors (Lipinski definition) is 6. The second-order valence-electron chi connectivity index (χ2n) is 7.84. The summed E-state index contributed by atoms with van der Waals surface area (Å²) in [5.41, 5.74) is 0.467. The molecule has 5 rings (SSSR count). The van der Waals surface area contributed by atoms with Gasteiger partial charge in [-0.2, -0.15) is 0 Å². The van der Waals surface area contributed by atoms with Crippen LogP contribution in [0.5, 0.6) is 0 Å². The predicted octanol–water partition coefficient (Wildman–Crippen LogP) is 2.17. The first-order chi connectivity index (χ1) is 14.6. The SMILES string of the molecule is O=C(Nc1cc(F)c2nc(CF)cn2c1)c1cnc(N2CC(CNC3CC3)C2)cn1. The maximum absolute atomic E-state index is 14.2. The molecule has 30 heavy (non-hydrogen) atoms. The smallest absolute Gasteiger partial charge is 0.275 e. The van der Waals surface area contributed by atoms with E-state index in [2.05, 4.69) is 30.5 Å². The van der Waals surface area contributed by atoms with E-state index in [0.717, 1.165) is 31.5 Å². The van der Waals surface area contributed by atoms with Crippen LogP contribution in [0.4, 0.5) is 20.3 Å². The minimum absolute atomic E-state index is 0.00461. The van der Waals surface area contributed by atoms with Crippen molar-refractivity contribution in [2.24, 2.45) is 5.92 Å². The number of aromatic nitrogens is 4. The lowest BCUT2D eigenvalue weighted by molar-refractivity contribution is 0.102. The van der Waals surface area contributed by atoms with Crippen LogP contribution in [0.3, 0.4) is 0 Å². The number of halogens is 2. The molecule has 2 aliphatic rings. The summed E-state index contributed by atoms with van der Waals surface area (Å²) >= 11 is 0. The van der Waals surface area contributed by atoms with E-state index >= 15 is 0 Å². The number of rotatable bonds is 7. The van der Waals surface area contributed by atoms with Crippen molar-refractivity contribution < 1.29 is 13.6 Å². The van der Waals surface area contributed by atoms with Crippen LogP contribution in [0.25, 0.3) is 5.65 Å². The highest BCUT2D eigenvalue weighted by atomic mass is 19.1. The Labute approximate surface area is 171 Å². The van der Waals surface area contributed by atoms with Crippen molar-refractivity contribution in [2.75, 3.05) is 29.9 Å². The van der Waals surface area contributed by atoms with Gasteiger partial charge in [-0.05, 0) is 12.8 Å². The third-order valence-electron chi connectivity index (χ3n) is 5.38. The number of nitrogens with one attached hydrogen (secondary N) is 2. The Balaban J connectivity index is 1.21. The molecule has 0 spiro atoms. The van der Waals surface area contributed by atoms with E-state index in [0.29, 0.717) is 12.0 Å². The van der Waals surface area contributed by atoms with Crippen molar-refractivity contribution in [2.45, 2.75) is 25.6 Å². The monoisotopic (exact) mass is 413 g/mol. The quantitative estimate of drug-likeness (QED) is 0.617. The fraction of sp³-hybridized carbons (Fsp3) is 0.400. The molecule has 3 aromatic rings. The van der Waals surface area contributed by atoms with Gasteiger partial charge in [0, 0.05) is 50.1 Å². The molecular weight excluding hydrogens is 392 g/mol. The average Bonchev–Trinajstić information content (AvgIpc) is 3.44. The third-order valence-corrected chi connectivity index (χ3v) is 5.38. The van der Waals surface area contributed by atoms with Crippen LogP contribution in [-0.2, 0) is 6.67 Å². The molecule has 0 atom stereocenters. The highest BCUT2D eigenvalue weighted by Gasteiger charge is 2.30. The number of carbonyl (C=O) groups excluding carboxylic acids is 1. The van der Waals surface area contributed by atoms with Crippen LogP contribution >= 0.6 is 0 Å². The standard InChI is InChI=1S/C20H21F2N7O/c21-4-15-11-29-10-14(3-16(22)19(29)26-15)27-20(30)17-6-25-18(7-24-17)28-8-12(9-28)5-23-13-1-2-13/h3,6-7,10-13,23H,1-2,4-5,8-9H2,(H,27,30). The Morgan fingerprint density at radius 3 is 2.73 bits per heavy atom. The molecule has 0 unspecified atom stereocenters. The molecule has 0 aromatic carbocycles. The van der Waals surface area contributed by atoms with Crippen LogP contribution in [0.15, 0.2) is 30.9 Å². The van der Waals surface area contributed by atoms with E-state index in [-0.39, 0.29) is 22.7 Å². The highest BCUT2D eigenvalue weighted by molar-refractivity contribution is 6.02. The summed E-state index contributed by atoms with van der Waals surface area (Å²) in [7, 11) is 0. The highest BCUT2D eigenvalue weighted by Crippen LogP contribution is 2.24. The lowest BCUT2D eigenvalue weighted by atomic mass is 10.0. The Morgan fingerprint density at radius 2 is 2.03 bits per heavy atom. The predicted molar refractivity (Wildman–Crippen MR) is 107 cm³/mol. The van der Waals surface area contributed by atoms with E-state index < -0.39 is 18.4 Å². The zero-order valence-corrected chi connectivity index (χ0v) is 16.2. The van der Waals surface area contributed by atoms with Gasteiger partial charge in [0.1, 0.15) is 18.2 Å². The number of hydrogen-bond donors (Lipinski definition) is 2. The summed E-state index contributed by atoms with van der Waals surface area (Å²) < 4.78 is 28.3. The first-order valence-corrected chi connectivity index (χ1v) is 9.94. The number of fused-ring (bicyclic) bond motifs is 1. The van der Waals surface area contributed by atoms with E-state index in [1.807, 2.05) is 0 Å². The molecule has 4 heterocycles. The van der Waals surface area contributed by atoms with Gasteiger partial charge in [-0.1, -0.05) is 0 Å². The average molecular weight is 413 g/mol. The lowest BCUT2D eigenvalue weighted by Crippen LogP contribution is -2.51. The molecule has 1 aliphatic carbocycles. The zero-order chi connectivity index (χ0) is 20.7. The van der Waals surface area contributed by atoms with Gasteiger partial charge >= 0.3 is 0 Å². The number of carbonyl (C=O) groups is 1. The molecular formula is C20H21F2N7O. The number of alkyl halides is 1. The summed E-state index contributed by atoms with van der Waals surface area (Å²) in [5, 5.41) is 6.12. The molecule has 3 aromatic heterocycles. The Bertz CT molecular complexity index is 1070. The molecule has 1 saturated heterocycles. The molecule has 10 heteroatoms. The number of imidazole rings is 1. The molecule has 8 nitrogen and oxygen atoms in total. The second-order valence-corrected chi connectivity index (χ2v) is 7.84. The number of anilines is 2. The van der Waals surface area contributed by atoms with Crippen molar-refractivity contribution in [3.8, 4) is 0 Å². The van der Waals surface area contributed by atoms with Crippen molar-refractivity contribution in [1.29, 1.82) is 0 Å². The minimum Gasteiger partial charge on any atom is -0.355 e. The van der Waals surface area contributed by atoms with E-state index in [4.69, 9.17) is 0 Å². The zero-order valence-electron chi connectivity index (χ0n) is 16.2. The largest absolute Gasteiger partial charge is 0.355 e. The normalized spacial score (nSPS) is 16.7. The van der Waals surface area contributed by atoms with Crippen LogP contribution < -0.4 is 15.5 Å². The topological polar surface area (TPSA) is 87.5 Å². The first kappa shape index (κ1) is 18.9. The van der Waals surface area contributed by atoms with Gasteiger partial charge in [-0.25, -0.2) is 23.7 Å². The van der Waals surface area contributed by atoms with Crippen LogP contribution in [0.2, 0.25) is 0 Å². The molecule has 0 bridgehead atoms. The summed E-state index contributed by atoms with van der Waals surface area (Å²) in [6.07, 6.45) is 8.41. The van der Waals surface area contributed by atoms with E-state index in [9.17, 15) is 13.6 Å². The molecule has 1 saturated carbocycles. The van der Waals surface area contributed by atoms with Crippen LogP contribution in [-0.4, -0.2) is 50.9 Å². The summed E-state index contributed by atoms with van der Waals surface area (Å²) in [5.74, 6) is 0.186. The van der Waals surface area contributed by atoms with Gasteiger partial charge in [0.25, 0.3) is 5.91 Å². The molecule has 2 N–H and O–H groups in total. The minimum atomic E-state index is -0.792. The molecule has 1 amide bonds. The third kappa shape index (κ3) is 3.82. The van der Waals surface area contributed by atoms with Gasteiger partial charge in [-0.15, -0.1) is 0 Å². The summed E-state index contributed by atoms with van der Waals surface area (Å²) in [6, 6.07) is 1.85. The Kier molecular flexibility index (Phi) is 4.78. The first-order valence-electron chi connectivity index (χ1n) is 9.94. The lowest BCUT2D eigenvalue weighted by Gasteiger charge is -2.40. The van der Waals surface area contributed by atoms with Gasteiger partial charge in [0.05, 0.1) is 23.8 Å². The molecule has 1 aliphatic heterocycles. The maximum atomic E-state index is 14.2. The van der Waals surface area contributed by atoms with Gasteiger partial charge in [-0.3, -0.25) is 4.79 Å². The van der Waals surface area contributed by atoms with E-state index in [1.54, 1.807) is 6.20 Å². The van der Waals surface area contributed by atoms with Crippen molar-refractivity contribution in [3.05, 3.63) is 48.1 Å². The molecule has 2 fully saturated rings. The van der Waals surface area contributed by atoms with Gasteiger partial charge in [0.2, 0.25) is 0 Å². The summed E-state index contributed by atoms with van der Waals surface area (Å²) in [4.78, 5) is 27.0. The molecule has 156 valence electrons. The van der Waals surface area contributed by atoms with Crippen molar-refractivity contribution in [1.82, 2.24) is 24.7 Å². The molecule has 0 radical (unpaired) electrons. The Morgan fingerprint density at radius 1 is 1.20 bits per heavy atom. The number of pyridine rings is 1. The fourth-order valence-electron chi connectivity index (χ4n) is 3.54. The number of amides is 1. The van der Waals surface area contributed by atoms with Crippen molar-refractivity contribution >= 4 is 23.1 Å². The second kappa shape index (κ2) is 7.60. The van der Waals surface area contributed by atoms with Crippen LogP contribution in [0.1, 0.15) is 29.0 Å².